The number of nitrogens with zero attached hydrogens (tertiary/aromatic N) is 4. The first-order chi connectivity index (χ1) is 13.0. The zero-order chi connectivity index (χ0) is 21.1. The van der Waals surface area contributed by atoms with Gasteiger partial charge in [0.25, 0.3) is 0 Å². The van der Waals surface area contributed by atoms with E-state index in [1.165, 1.54) is 5.06 Å². The highest BCUT2D eigenvalue weighted by Crippen LogP contribution is 2.37. The van der Waals surface area contributed by atoms with Crippen molar-refractivity contribution in [1.82, 2.24) is 15.4 Å². The number of hydroxylamine groups is 2. The predicted molar refractivity (Wildman–Crippen MR) is 114 cm³/mol. The van der Waals surface area contributed by atoms with E-state index in [9.17, 15) is 5.26 Å². The van der Waals surface area contributed by atoms with Gasteiger partial charge in [-0.1, -0.05) is 20.8 Å². The van der Waals surface area contributed by atoms with E-state index >= 15 is 0 Å². The molecular formula is C19H29N7OSi. The van der Waals surface area contributed by atoms with Gasteiger partial charge in [0, 0.05) is 12.4 Å². The Kier molecular flexibility index (Phi) is 6.26. The largest absolute Gasteiger partial charge is 0.383 e. The molecule has 4 N–H and O–H groups in total. The molecule has 2 atom stereocenters. The normalized spacial score (nSPS) is 18.2. The van der Waals surface area contributed by atoms with Gasteiger partial charge in [-0.2, -0.15) is 5.26 Å². The fraction of sp³-hybridized carbons (Fsp3) is 0.474. The highest BCUT2D eigenvalue weighted by atomic mass is 28.4. The Bertz CT molecular complexity index is 835. The second-order valence-electron chi connectivity index (χ2n) is 8.29. The van der Waals surface area contributed by atoms with Crippen molar-refractivity contribution in [3.05, 3.63) is 35.7 Å². The average Bonchev–Trinajstić information content (AvgIpc) is 2.57. The summed E-state index contributed by atoms with van der Waals surface area (Å²) in [5.74, 6) is 0.709. The molecule has 28 heavy (non-hydrogen) atoms. The summed E-state index contributed by atoms with van der Waals surface area (Å²) < 4.78 is 6.32. The summed E-state index contributed by atoms with van der Waals surface area (Å²) in [7, 11) is -2.24. The smallest absolute Gasteiger partial charge is 0.229 e. The van der Waals surface area contributed by atoms with Gasteiger partial charge in [-0.25, -0.2) is 10.0 Å². The minimum Gasteiger partial charge on any atom is -0.383 e. The topological polar surface area (TPSA) is 123 Å². The SMILES string of the molecule is C[C@@H](N=C(c1cccnc1N)N(C=N)O[Si](C)(C)C(C)(C)C)[C@H]1NC=C1C#N. The van der Waals surface area contributed by atoms with Crippen LogP contribution in [-0.4, -0.2) is 42.6 Å². The van der Waals surface area contributed by atoms with E-state index in [-0.39, 0.29) is 17.1 Å². The van der Waals surface area contributed by atoms with Crippen LogP contribution in [0.2, 0.25) is 18.1 Å². The van der Waals surface area contributed by atoms with Gasteiger partial charge in [0.05, 0.1) is 29.3 Å². The molecule has 1 aliphatic rings. The zero-order valence-electron chi connectivity index (χ0n) is 17.3. The van der Waals surface area contributed by atoms with Gasteiger partial charge in [-0.05, 0) is 37.2 Å². The lowest BCUT2D eigenvalue weighted by Crippen LogP contribution is -2.49. The van der Waals surface area contributed by atoms with E-state index in [0.717, 1.165) is 6.34 Å². The van der Waals surface area contributed by atoms with Crippen LogP contribution >= 0.6 is 0 Å². The molecule has 1 aromatic heterocycles. The minimum absolute atomic E-state index is 0.0578. The summed E-state index contributed by atoms with van der Waals surface area (Å²) in [6.07, 6.45) is 4.39. The van der Waals surface area contributed by atoms with Crippen LogP contribution in [0.25, 0.3) is 0 Å². The highest BCUT2D eigenvalue weighted by molar-refractivity contribution is 6.74. The fourth-order valence-corrected chi connectivity index (χ4v) is 3.30. The van der Waals surface area contributed by atoms with Crippen molar-refractivity contribution in [2.45, 2.75) is 57.9 Å². The van der Waals surface area contributed by atoms with E-state index < -0.39 is 8.32 Å². The number of hydrogen-bond donors (Lipinski definition) is 3. The maximum Gasteiger partial charge on any atom is 0.229 e. The van der Waals surface area contributed by atoms with E-state index in [0.29, 0.717) is 22.8 Å². The molecule has 0 amide bonds. The number of hydrogen-bond acceptors (Lipinski definition) is 7. The van der Waals surface area contributed by atoms with E-state index in [1.54, 1.807) is 24.5 Å². The third-order valence-corrected chi connectivity index (χ3v) is 9.49. The van der Waals surface area contributed by atoms with Crippen LogP contribution in [0.1, 0.15) is 33.3 Å². The van der Waals surface area contributed by atoms with Gasteiger partial charge >= 0.3 is 0 Å². The van der Waals surface area contributed by atoms with E-state index in [4.69, 9.17) is 20.7 Å². The lowest BCUT2D eigenvalue weighted by molar-refractivity contribution is 0.0823. The molecule has 0 aromatic carbocycles. The number of nitrogens with two attached hydrogens (primary N) is 1. The van der Waals surface area contributed by atoms with Crippen molar-refractivity contribution in [1.29, 1.82) is 10.7 Å². The Morgan fingerprint density at radius 2 is 2.21 bits per heavy atom. The molecule has 9 heteroatoms. The van der Waals surface area contributed by atoms with Gasteiger partial charge in [0.2, 0.25) is 8.32 Å². The van der Waals surface area contributed by atoms with Gasteiger partial charge in [-0.3, -0.25) is 10.4 Å². The molecular weight excluding hydrogens is 370 g/mol. The predicted octanol–water partition coefficient (Wildman–Crippen LogP) is 3.02. The first-order valence-electron chi connectivity index (χ1n) is 9.15. The van der Waals surface area contributed by atoms with Crippen LogP contribution in [0.15, 0.2) is 35.1 Å². The lowest BCUT2D eigenvalue weighted by atomic mass is 9.97. The summed E-state index contributed by atoms with van der Waals surface area (Å²) in [6.45, 7) is 12.5. The number of nitrogen functional groups attached to an aromatic ring is 1. The minimum atomic E-state index is -2.24. The quantitative estimate of drug-likeness (QED) is 0.292. The van der Waals surface area contributed by atoms with Crippen LogP contribution < -0.4 is 11.1 Å². The summed E-state index contributed by atoms with van der Waals surface area (Å²) in [5, 5.41) is 21.6. The number of aliphatic imine (C=N–C) groups is 1. The Balaban J connectivity index is 2.47. The summed E-state index contributed by atoms with van der Waals surface area (Å²) in [5.41, 5.74) is 7.32. The molecule has 0 aliphatic carbocycles. The number of aromatic nitrogens is 1. The molecule has 2 heterocycles. The van der Waals surface area contributed by atoms with Gasteiger partial charge in [0.1, 0.15) is 12.2 Å². The van der Waals surface area contributed by atoms with Crippen molar-refractivity contribution < 1.29 is 4.53 Å². The van der Waals surface area contributed by atoms with Crippen molar-refractivity contribution in [2.75, 3.05) is 5.73 Å². The third kappa shape index (κ3) is 4.40. The third-order valence-electron chi connectivity index (χ3n) is 5.23. The summed E-state index contributed by atoms with van der Waals surface area (Å²) in [6, 6.07) is 5.29. The Morgan fingerprint density at radius 3 is 2.68 bits per heavy atom. The van der Waals surface area contributed by atoms with Crippen molar-refractivity contribution in [2.24, 2.45) is 4.99 Å². The number of nitriles is 1. The molecule has 8 nitrogen and oxygen atoms in total. The number of nitrogens with one attached hydrogen (secondary N) is 2. The summed E-state index contributed by atoms with van der Waals surface area (Å²) >= 11 is 0. The monoisotopic (exact) mass is 399 g/mol. The zero-order valence-corrected chi connectivity index (χ0v) is 18.3. The lowest BCUT2D eigenvalue weighted by Gasteiger charge is -2.39. The second kappa shape index (κ2) is 8.12. The maximum absolute atomic E-state index is 9.20. The Hall–Kier alpha value is -2.70. The van der Waals surface area contributed by atoms with Crippen LogP contribution in [0.4, 0.5) is 5.82 Å². The fourth-order valence-electron chi connectivity index (χ4n) is 2.40. The molecule has 2 rings (SSSR count). The molecule has 0 fully saturated rings. The molecule has 0 bridgehead atoms. The van der Waals surface area contributed by atoms with Crippen molar-refractivity contribution >= 4 is 26.3 Å². The van der Waals surface area contributed by atoms with Crippen molar-refractivity contribution in [3.8, 4) is 6.07 Å². The molecule has 0 saturated carbocycles. The first kappa shape index (κ1) is 21.6. The number of pyridine rings is 1. The number of amidine groups is 1. The van der Waals surface area contributed by atoms with E-state index in [1.807, 2.05) is 6.92 Å². The number of rotatable bonds is 6. The van der Waals surface area contributed by atoms with Crippen LogP contribution in [0, 0.1) is 16.7 Å². The maximum atomic E-state index is 9.20. The first-order valence-corrected chi connectivity index (χ1v) is 12.1. The molecule has 0 spiro atoms. The highest BCUT2D eigenvalue weighted by Gasteiger charge is 2.41. The standard InChI is InChI=1S/C19H29N7OSi/c1-13(16-14(10-20)11-24-16)25-18(15-8-7-9-23-17(15)22)26(12-21)27-28(5,6)19(2,3)4/h7-9,11-13,16,21,24H,1-6H3,(H2,22,23)/t13-,16-/m1/s1. The van der Waals surface area contributed by atoms with Crippen LogP contribution in [0.5, 0.6) is 0 Å². The molecule has 0 saturated heterocycles. The second-order valence-corrected chi connectivity index (χ2v) is 13.0. The van der Waals surface area contributed by atoms with Crippen LogP contribution in [0.3, 0.4) is 0 Å². The summed E-state index contributed by atoms with van der Waals surface area (Å²) in [4.78, 5) is 8.93. The molecule has 1 aliphatic heterocycles. The Labute approximate surface area is 167 Å². The molecule has 150 valence electrons. The average molecular weight is 400 g/mol. The van der Waals surface area contributed by atoms with E-state index in [2.05, 4.69) is 50.2 Å². The van der Waals surface area contributed by atoms with Gasteiger partial charge in [0.15, 0.2) is 5.84 Å². The molecule has 1 aromatic rings. The van der Waals surface area contributed by atoms with Gasteiger partial charge < -0.3 is 15.6 Å². The van der Waals surface area contributed by atoms with Gasteiger partial charge in [-0.15, -0.1) is 0 Å². The molecule has 0 radical (unpaired) electrons. The molecule has 0 unspecified atom stereocenters. The van der Waals surface area contributed by atoms with Crippen molar-refractivity contribution in [3.63, 3.8) is 0 Å². The number of anilines is 1. The van der Waals surface area contributed by atoms with Crippen LogP contribution in [-0.2, 0) is 4.53 Å². The Morgan fingerprint density at radius 1 is 1.54 bits per heavy atom.